The van der Waals surface area contributed by atoms with E-state index in [2.05, 4.69) is 9.88 Å². The Morgan fingerprint density at radius 1 is 1.00 bits per heavy atom. The average molecular weight is 490 g/mol. The molecule has 0 saturated carbocycles. The largest absolute Gasteiger partial charge is 0.422 e. The van der Waals surface area contributed by atoms with Crippen molar-refractivity contribution in [1.29, 1.82) is 0 Å². The van der Waals surface area contributed by atoms with Gasteiger partial charge in [-0.2, -0.15) is 0 Å². The van der Waals surface area contributed by atoms with Crippen molar-refractivity contribution >= 4 is 54.3 Å². The van der Waals surface area contributed by atoms with Crippen LogP contribution in [0.1, 0.15) is 24.2 Å². The molecule has 6 nitrogen and oxygen atoms in total. The fourth-order valence-corrected chi connectivity index (χ4v) is 5.25. The van der Waals surface area contributed by atoms with Crippen molar-refractivity contribution in [3.05, 3.63) is 82.5 Å². The standard InChI is InChI=1S/C27H24FN3O3S/c1-3-30(4-2)14-15-31(27-29-24-21(28)10-7-11-23(24)35-27)25(32)20-16-19-18-9-6-5-8-17(18)12-13-22(19)34-26(20)33/h5-13,16H,3-4,14-15H2,1-2H3. The van der Waals surface area contributed by atoms with E-state index in [0.717, 1.165) is 23.9 Å². The fraction of sp³-hybridized carbons (Fsp3) is 0.222. The number of nitrogens with zero attached hydrogens (tertiary/aromatic N) is 3. The van der Waals surface area contributed by atoms with Crippen LogP contribution in [0.15, 0.2) is 69.9 Å². The zero-order chi connectivity index (χ0) is 24.5. The fourth-order valence-electron chi connectivity index (χ4n) is 4.25. The SMILES string of the molecule is CCN(CC)CCN(C(=O)c1cc2c(ccc3ccccc32)oc1=O)c1nc2c(F)cccc2s1. The van der Waals surface area contributed by atoms with E-state index >= 15 is 0 Å². The van der Waals surface area contributed by atoms with Crippen molar-refractivity contribution in [1.82, 2.24) is 9.88 Å². The molecule has 1 amide bonds. The summed E-state index contributed by atoms with van der Waals surface area (Å²) < 4.78 is 20.6. The highest BCUT2D eigenvalue weighted by Crippen LogP contribution is 2.31. The van der Waals surface area contributed by atoms with Crippen molar-refractivity contribution in [3.8, 4) is 0 Å². The molecule has 35 heavy (non-hydrogen) atoms. The number of carbonyl (C=O) groups is 1. The van der Waals surface area contributed by atoms with E-state index in [1.165, 1.54) is 22.3 Å². The van der Waals surface area contributed by atoms with Crippen LogP contribution in [0.3, 0.4) is 0 Å². The number of para-hydroxylation sites is 1. The molecule has 8 heteroatoms. The summed E-state index contributed by atoms with van der Waals surface area (Å²) in [5.41, 5.74) is -0.155. The van der Waals surface area contributed by atoms with Crippen LogP contribution in [0.5, 0.6) is 0 Å². The molecule has 0 aliphatic carbocycles. The Morgan fingerprint density at radius 2 is 1.80 bits per heavy atom. The number of rotatable bonds is 7. The zero-order valence-corrected chi connectivity index (χ0v) is 20.3. The highest BCUT2D eigenvalue weighted by Gasteiger charge is 2.26. The van der Waals surface area contributed by atoms with Gasteiger partial charge >= 0.3 is 5.63 Å². The molecule has 0 fully saturated rings. The third kappa shape index (κ3) is 4.31. The second-order valence-corrected chi connectivity index (χ2v) is 9.22. The Balaban J connectivity index is 1.63. The van der Waals surface area contributed by atoms with E-state index in [1.807, 2.05) is 44.2 Å². The van der Waals surface area contributed by atoms with Gasteiger partial charge in [0.15, 0.2) is 5.13 Å². The first-order valence-corrected chi connectivity index (χ1v) is 12.4. The van der Waals surface area contributed by atoms with E-state index in [1.54, 1.807) is 24.3 Å². The number of hydrogen-bond acceptors (Lipinski definition) is 6. The second kappa shape index (κ2) is 9.56. The topological polar surface area (TPSA) is 66.7 Å². The van der Waals surface area contributed by atoms with Gasteiger partial charge in [-0.25, -0.2) is 14.2 Å². The van der Waals surface area contributed by atoms with Crippen LogP contribution in [-0.4, -0.2) is 42.0 Å². The van der Waals surface area contributed by atoms with Crippen LogP contribution in [0.25, 0.3) is 32.0 Å². The first-order chi connectivity index (χ1) is 17.0. The summed E-state index contributed by atoms with van der Waals surface area (Å²) in [6.07, 6.45) is 0. The maximum atomic E-state index is 14.4. The van der Waals surface area contributed by atoms with Gasteiger partial charge in [-0.05, 0) is 48.1 Å². The van der Waals surface area contributed by atoms with Gasteiger partial charge < -0.3 is 9.32 Å². The molecular formula is C27H24FN3O3S. The minimum atomic E-state index is -0.710. The van der Waals surface area contributed by atoms with E-state index in [-0.39, 0.29) is 11.1 Å². The van der Waals surface area contributed by atoms with Crippen molar-refractivity contribution in [2.24, 2.45) is 0 Å². The molecule has 0 radical (unpaired) electrons. The van der Waals surface area contributed by atoms with Gasteiger partial charge in [0.25, 0.3) is 5.91 Å². The van der Waals surface area contributed by atoms with Gasteiger partial charge in [0, 0.05) is 18.5 Å². The van der Waals surface area contributed by atoms with Gasteiger partial charge in [0.1, 0.15) is 22.5 Å². The first kappa shape index (κ1) is 23.1. The van der Waals surface area contributed by atoms with Crippen LogP contribution in [0.2, 0.25) is 0 Å². The number of halogens is 1. The Hall–Kier alpha value is -3.62. The van der Waals surface area contributed by atoms with E-state index in [0.29, 0.717) is 33.9 Å². The lowest BCUT2D eigenvalue weighted by molar-refractivity contribution is 0.0980. The Morgan fingerprint density at radius 3 is 2.57 bits per heavy atom. The summed E-state index contributed by atoms with van der Waals surface area (Å²) in [7, 11) is 0. The van der Waals surface area contributed by atoms with E-state index < -0.39 is 17.3 Å². The maximum absolute atomic E-state index is 14.4. The number of anilines is 1. The lowest BCUT2D eigenvalue weighted by Gasteiger charge is -2.24. The number of aromatic nitrogens is 1. The molecule has 178 valence electrons. The molecule has 0 atom stereocenters. The number of thiazole rings is 1. The first-order valence-electron chi connectivity index (χ1n) is 11.5. The highest BCUT2D eigenvalue weighted by atomic mass is 32.1. The lowest BCUT2D eigenvalue weighted by Crippen LogP contribution is -2.40. The highest BCUT2D eigenvalue weighted by molar-refractivity contribution is 7.22. The van der Waals surface area contributed by atoms with Crippen LogP contribution >= 0.6 is 11.3 Å². The molecule has 2 aromatic heterocycles. The zero-order valence-electron chi connectivity index (χ0n) is 19.5. The predicted molar refractivity (Wildman–Crippen MR) is 139 cm³/mol. The summed E-state index contributed by atoms with van der Waals surface area (Å²) in [5.74, 6) is -0.960. The summed E-state index contributed by atoms with van der Waals surface area (Å²) in [6, 6.07) is 17.7. The molecule has 2 heterocycles. The lowest BCUT2D eigenvalue weighted by atomic mass is 10.0. The van der Waals surface area contributed by atoms with Crippen molar-refractivity contribution in [2.45, 2.75) is 13.8 Å². The number of fused-ring (bicyclic) bond motifs is 4. The molecule has 0 spiro atoms. The van der Waals surface area contributed by atoms with Gasteiger partial charge in [-0.3, -0.25) is 9.69 Å². The quantitative estimate of drug-likeness (QED) is 0.217. The molecule has 0 aliphatic rings. The third-order valence-electron chi connectivity index (χ3n) is 6.24. The number of likely N-dealkylation sites (N-methyl/N-ethyl adjacent to an activating group) is 1. The molecule has 5 aromatic rings. The molecule has 5 rings (SSSR count). The van der Waals surface area contributed by atoms with E-state index in [4.69, 9.17) is 4.42 Å². The van der Waals surface area contributed by atoms with Gasteiger partial charge in [-0.1, -0.05) is 61.6 Å². The summed E-state index contributed by atoms with van der Waals surface area (Å²) in [4.78, 5) is 34.8. The maximum Gasteiger partial charge on any atom is 0.349 e. The average Bonchev–Trinajstić information content (AvgIpc) is 3.31. The number of amides is 1. The second-order valence-electron chi connectivity index (χ2n) is 8.21. The minimum Gasteiger partial charge on any atom is -0.422 e. The third-order valence-corrected chi connectivity index (χ3v) is 7.28. The van der Waals surface area contributed by atoms with Gasteiger partial charge in [0.05, 0.1) is 4.70 Å². The minimum absolute atomic E-state index is 0.0758. The number of carbonyl (C=O) groups excluding carboxylic acids is 1. The Labute approximate surface area is 205 Å². The smallest absolute Gasteiger partial charge is 0.349 e. The summed E-state index contributed by atoms with van der Waals surface area (Å²) >= 11 is 1.22. The van der Waals surface area contributed by atoms with Crippen molar-refractivity contribution in [3.63, 3.8) is 0 Å². The summed E-state index contributed by atoms with van der Waals surface area (Å²) in [6.45, 7) is 6.61. The van der Waals surface area contributed by atoms with Crippen LogP contribution < -0.4 is 10.5 Å². The van der Waals surface area contributed by atoms with Crippen molar-refractivity contribution < 1.29 is 13.6 Å². The van der Waals surface area contributed by atoms with Gasteiger partial charge in [-0.15, -0.1) is 0 Å². The molecule has 0 saturated heterocycles. The molecule has 0 unspecified atom stereocenters. The molecule has 0 N–H and O–H groups in total. The van der Waals surface area contributed by atoms with Crippen LogP contribution in [-0.2, 0) is 0 Å². The Bertz CT molecular complexity index is 1610. The molecule has 0 aliphatic heterocycles. The Kier molecular flexibility index (Phi) is 6.32. The molecule has 3 aromatic carbocycles. The van der Waals surface area contributed by atoms with Crippen LogP contribution in [0, 0.1) is 5.82 Å². The van der Waals surface area contributed by atoms with E-state index in [9.17, 15) is 14.0 Å². The van der Waals surface area contributed by atoms with Crippen molar-refractivity contribution in [2.75, 3.05) is 31.1 Å². The number of hydrogen-bond donors (Lipinski definition) is 0. The monoisotopic (exact) mass is 489 g/mol. The van der Waals surface area contributed by atoms with Gasteiger partial charge in [0.2, 0.25) is 0 Å². The number of benzene rings is 3. The molecular weight excluding hydrogens is 465 g/mol. The predicted octanol–water partition coefficient (Wildman–Crippen LogP) is 5.68. The normalized spacial score (nSPS) is 11.7. The van der Waals surface area contributed by atoms with Crippen LogP contribution in [0.4, 0.5) is 9.52 Å². The molecule has 0 bridgehead atoms. The summed E-state index contributed by atoms with van der Waals surface area (Å²) in [5, 5.41) is 2.90.